The number of anilines is 1. The fourth-order valence-corrected chi connectivity index (χ4v) is 2.43. The van der Waals surface area contributed by atoms with E-state index in [0.717, 1.165) is 36.1 Å². The zero-order valence-electron chi connectivity index (χ0n) is 11.3. The fraction of sp³-hybridized carbons (Fsp3) is 0.333. The Hall–Kier alpha value is -2.48. The number of nitriles is 1. The molecule has 3 rings (SSSR count). The van der Waals surface area contributed by atoms with Gasteiger partial charge < -0.3 is 5.32 Å². The van der Waals surface area contributed by atoms with Crippen molar-refractivity contribution in [3.8, 4) is 17.3 Å². The largest absolute Gasteiger partial charge is 0.357 e. The van der Waals surface area contributed by atoms with Crippen molar-refractivity contribution in [1.82, 2.24) is 15.0 Å². The first-order valence-electron chi connectivity index (χ1n) is 6.65. The van der Waals surface area contributed by atoms with Crippen LogP contribution in [0.1, 0.15) is 24.8 Å². The first kappa shape index (κ1) is 12.5. The maximum atomic E-state index is 9.33. The van der Waals surface area contributed by atoms with Crippen LogP contribution in [0.4, 0.5) is 5.95 Å². The molecule has 1 aliphatic rings. The molecule has 0 aromatic carbocycles. The van der Waals surface area contributed by atoms with Crippen molar-refractivity contribution < 1.29 is 0 Å². The lowest BCUT2D eigenvalue weighted by atomic mass is 9.66. The zero-order chi connectivity index (χ0) is 14.0. The van der Waals surface area contributed by atoms with Crippen LogP contribution in [0.15, 0.2) is 30.7 Å². The van der Waals surface area contributed by atoms with E-state index in [4.69, 9.17) is 0 Å². The van der Waals surface area contributed by atoms with E-state index >= 15 is 0 Å². The highest BCUT2D eigenvalue weighted by molar-refractivity contribution is 5.58. The molecule has 1 fully saturated rings. The molecule has 2 heterocycles. The predicted octanol–water partition coefficient (Wildman–Crippen LogP) is 2.53. The van der Waals surface area contributed by atoms with E-state index in [0.29, 0.717) is 5.95 Å². The number of hydrogen-bond acceptors (Lipinski definition) is 5. The van der Waals surface area contributed by atoms with Crippen LogP contribution >= 0.6 is 0 Å². The summed E-state index contributed by atoms with van der Waals surface area (Å²) in [6.45, 7) is 0. The molecule has 0 radical (unpaired) electrons. The van der Waals surface area contributed by atoms with Gasteiger partial charge in [-0.2, -0.15) is 5.26 Å². The van der Waals surface area contributed by atoms with Crippen molar-refractivity contribution >= 4 is 5.95 Å². The molecule has 2 aromatic heterocycles. The first-order chi connectivity index (χ1) is 9.77. The lowest BCUT2D eigenvalue weighted by Crippen LogP contribution is -2.32. The smallest absolute Gasteiger partial charge is 0.222 e. The molecular formula is C15H15N5. The number of nitrogens with one attached hydrogen (secondary N) is 1. The summed E-state index contributed by atoms with van der Waals surface area (Å²) in [5, 5.41) is 12.2. The summed E-state index contributed by atoms with van der Waals surface area (Å²) in [7, 11) is 1.78. The topological polar surface area (TPSA) is 74.5 Å². The Balaban J connectivity index is 1.87. The summed E-state index contributed by atoms with van der Waals surface area (Å²) < 4.78 is 0. The standard InChI is InChI=1S/C15H15N5/c1-17-14-19-7-11(8-20-14)13-4-3-12(9-18-13)15(10-16)5-2-6-15/h3-4,7-9H,2,5-6H2,1H3,(H,17,19,20). The van der Waals surface area contributed by atoms with Gasteiger partial charge in [0.25, 0.3) is 0 Å². The second kappa shape index (κ2) is 4.89. The second-order valence-corrected chi connectivity index (χ2v) is 5.02. The molecule has 5 heteroatoms. The van der Waals surface area contributed by atoms with Gasteiger partial charge in [-0.15, -0.1) is 0 Å². The summed E-state index contributed by atoms with van der Waals surface area (Å²) in [4.78, 5) is 12.8. The van der Waals surface area contributed by atoms with Crippen molar-refractivity contribution in [2.45, 2.75) is 24.7 Å². The van der Waals surface area contributed by atoms with E-state index in [1.807, 2.05) is 18.3 Å². The van der Waals surface area contributed by atoms with E-state index in [2.05, 4.69) is 26.3 Å². The molecule has 0 amide bonds. The maximum absolute atomic E-state index is 9.33. The monoisotopic (exact) mass is 265 g/mol. The minimum Gasteiger partial charge on any atom is -0.357 e. The minimum absolute atomic E-state index is 0.308. The number of pyridine rings is 1. The Morgan fingerprint density at radius 1 is 1.15 bits per heavy atom. The molecule has 0 aliphatic heterocycles. The molecule has 1 N–H and O–H groups in total. The van der Waals surface area contributed by atoms with Gasteiger partial charge in [0.15, 0.2) is 0 Å². The molecule has 1 aliphatic carbocycles. The molecule has 1 saturated carbocycles. The van der Waals surface area contributed by atoms with Crippen molar-refractivity contribution in [3.05, 3.63) is 36.3 Å². The molecule has 0 saturated heterocycles. The van der Waals surface area contributed by atoms with Crippen molar-refractivity contribution in [2.24, 2.45) is 0 Å². The summed E-state index contributed by atoms with van der Waals surface area (Å²) in [6, 6.07) is 6.36. The van der Waals surface area contributed by atoms with E-state index in [1.165, 1.54) is 0 Å². The Bertz CT molecular complexity index is 635. The van der Waals surface area contributed by atoms with Crippen LogP contribution < -0.4 is 5.32 Å². The van der Waals surface area contributed by atoms with Gasteiger partial charge in [0.1, 0.15) is 0 Å². The fourth-order valence-electron chi connectivity index (χ4n) is 2.43. The predicted molar refractivity (Wildman–Crippen MR) is 76.0 cm³/mol. The molecular weight excluding hydrogens is 250 g/mol. The molecule has 2 aromatic rings. The molecule has 0 spiro atoms. The Morgan fingerprint density at radius 2 is 1.90 bits per heavy atom. The summed E-state index contributed by atoms with van der Waals surface area (Å²) in [6.07, 6.45) is 8.28. The third-order valence-corrected chi connectivity index (χ3v) is 3.91. The van der Waals surface area contributed by atoms with Gasteiger partial charge in [-0.1, -0.05) is 6.07 Å². The second-order valence-electron chi connectivity index (χ2n) is 5.02. The molecule has 0 atom stereocenters. The van der Waals surface area contributed by atoms with E-state index in [1.54, 1.807) is 19.4 Å². The summed E-state index contributed by atoms with van der Waals surface area (Å²) in [5.41, 5.74) is 2.40. The van der Waals surface area contributed by atoms with Gasteiger partial charge in [-0.25, -0.2) is 9.97 Å². The van der Waals surface area contributed by atoms with E-state index < -0.39 is 0 Å². The Kier molecular flexibility index (Phi) is 3.07. The third kappa shape index (κ3) is 1.99. The molecule has 0 bridgehead atoms. The van der Waals surface area contributed by atoms with Gasteiger partial charge in [0.05, 0.1) is 17.2 Å². The lowest BCUT2D eigenvalue weighted by Gasteiger charge is -2.35. The van der Waals surface area contributed by atoms with Gasteiger partial charge in [-0.3, -0.25) is 4.98 Å². The van der Waals surface area contributed by atoms with Crippen LogP contribution in [0.5, 0.6) is 0 Å². The van der Waals surface area contributed by atoms with Crippen LogP contribution in [0.25, 0.3) is 11.3 Å². The van der Waals surface area contributed by atoms with E-state index in [9.17, 15) is 5.26 Å². The zero-order valence-corrected chi connectivity index (χ0v) is 11.3. The maximum Gasteiger partial charge on any atom is 0.222 e. The first-order valence-corrected chi connectivity index (χ1v) is 6.65. The Labute approximate surface area is 117 Å². The summed E-state index contributed by atoms with van der Waals surface area (Å²) in [5.74, 6) is 0.586. The third-order valence-electron chi connectivity index (χ3n) is 3.91. The van der Waals surface area contributed by atoms with Gasteiger partial charge in [-0.05, 0) is 30.9 Å². The lowest BCUT2D eigenvalue weighted by molar-refractivity contribution is 0.323. The van der Waals surface area contributed by atoms with Crippen LogP contribution in [-0.2, 0) is 5.41 Å². The van der Waals surface area contributed by atoms with Crippen molar-refractivity contribution in [1.29, 1.82) is 5.26 Å². The average Bonchev–Trinajstić information content (AvgIpc) is 2.48. The molecule has 5 nitrogen and oxygen atoms in total. The average molecular weight is 265 g/mol. The van der Waals surface area contributed by atoms with Crippen LogP contribution in [0.2, 0.25) is 0 Å². The van der Waals surface area contributed by atoms with E-state index in [-0.39, 0.29) is 5.41 Å². The van der Waals surface area contributed by atoms with Gasteiger partial charge in [0.2, 0.25) is 5.95 Å². The number of hydrogen-bond donors (Lipinski definition) is 1. The van der Waals surface area contributed by atoms with Crippen LogP contribution in [-0.4, -0.2) is 22.0 Å². The van der Waals surface area contributed by atoms with Gasteiger partial charge >= 0.3 is 0 Å². The van der Waals surface area contributed by atoms with Crippen molar-refractivity contribution in [3.63, 3.8) is 0 Å². The number of aromatic nitrogens is 3. The molecule has 20 heavy (non-hydrogen) atoms. The Morgan fingerprint density at radius 3 is 2.35 bits per heavy atom. The highest BCUT2D eigenvalue weighted by Crippen LogP contribution is 2.42. The highest BCUT2D eigenvalue weighted by atomic mass is 15.1. The minimum atomic E-state index is -0.308. The molecule has 0 unspecified atom stereocenters. The SMILES string of the molecule is CNc1ncc(-c2ccc(C3(C#N)CCC3)cn2)cn1. The van der Waals surface area contributed by atoms with Crippen molar-refractivity contribution in [2.75, 3.05) is 12.4 Å². The quantitative estimate of drug-likeness (QED) is 0.923. The number of rotatable bonds is 3. The van der Waals surface area contributed by atoms with Crippen LogP contribution in [0, 0.1) is 11.3 Å². The number of nitrogens with zero attached hydrogens (tertiary/aromatic N) is 4. The molecule has 100 valence electrons. The van der Waals surface area contributed by atoms with Crippen LogP contribution in [0.3, 0.4) is 0 Å². The normalized spacial score (nSPS) is 16.0. The van der Waals surface area contributed by atoms with Gasteiger partial charge in [0, 0.05) is 31.2 Å². The summed E-state index contributed by atoms with van der Waals surface area (Å²) >= 11 is 0. The highest BCUT2D eigenvalue weighted by Gasteiger charge is 2.39.